The van der Waals surface area contributed by atoms with Crippen molar-refractivity contribution in [1.82, 2.24) is 29.6 Å². The van der Waals surface area contributed by atoms with Gasteiger partial charge in [0.05, 0.1) is 11.4 Å². The molecule has 1 aromatic carbocycles. The molecule has 1 fully saturated rings. The van der Waals surface area contributed by atoms with E-state index in [-0.39, 0.29) is 18.0 Å². The number of piperidine rings is 1. The van der Waals surface area contributed by atoms with E-state index in [2.05, 4.69) is 20.3 Å². The zero-order valence-electron chi connectivity index (χ0n) is 21.6. The third-order valence-corrected chi connectivity index (χ3v) is 6.24. The molecule has 0 saturated carbocycles. The maximum atomic E-state index is 12.7. The molecule has 3 aromatic heterocycles. The highest BCUT2D eigenvalue weighted by Crippen LogP contribution is 2.34. The SMILES string of the molecule is CC(C)(C)OC(=O)N1CCC[C@@H](n2nc(-c3ccc(C(=O)Nc4ccccn4)cc3)c3c(N)ncnc32)C1. The second kappa shape index (κ2) is 10.1. The number of aromatic nitrogens is 5. The van der Waals surface area contributed by atoms with Crippen molar-refractivity contribution in [2.45, 2.75) is 45.3 Å². The van der Waals surface area contributed by atoms with Gasteiger partial charge in [-0.2, -0.15) is 5.10 Å². The summed E-state index contributed by atoms with van der Waals surface area (Å²) >= 11 is 0. The summed E-state index contributed by atoms with van der Waals surface area (Å²) in [4.78, 5) is 39.9. The molecule has 5 rings (SSSR count). The van der Waals surface area contributed by atoms with Crippen LogP contribution in [0.25, 0.3) is 22.3 Å². The van der Waals surface area contributed by atoms with Crippen LogP contribution in [0.15, 0.2) is 55.0 Å². The first-order valence-corrected chi connectivity index (χ1v) is 12.5. The van der Waals surface area contributed by atoms with Crippen LogP contribution in [0.5, 0.6) is 0 Å². The van der Waals surface area contributed by atoms with Gasteiger partial charge in [-0.15, -0.1) is 0 Å². The molecule has 38 heavy (non-hydrogen) atoms. The topological polar surface area (TPSA) is 141 Å². The number of amides is 2. The summed E-state index contributed by atoms with van der Waals surface area (Å²) in [6.07, 6.45) is 4.32. The zero-order chi connectivity index (χ0) is 26.9. The van der Waals surface area contributed by atoms with Crippen molar-refractivity contribution in [3.63, 3.8) is 0 Å². The average molecular weight is 515 g/mol. The van der Waals surface area contributed by atoms with Crippen LogP contribution in [0.1, 0.15) is 50.0 Å². The third kappa shape index (κ3) is 5.26. The van der Waals surface area contributed by atoms with Crippen LogP contribution in [-0.2, 0) is 4.74 Å². The lowest BCUT2D eigenvalue weighted by Crippen LogP contribution is -2.43. The van der Waals surface area contributed by atoms with Gasteiger partial charge < -0.3 is 20.7 Å². The summed E-state index contributed by atoms with van der Waals surface area (Å²) in [5, 5.41) is 8.31. The maximum Gasteiger partial charge on any atom is 0.410 e. The predicted octanol–water partition coefficient (Wildman–Crippen LogP) is 4.29. The molecule has 0 aliphatic carbocycles. The number of rotatable bonds is 4. The summed E-state index contributed by atoms with van der Waals surface area (Å²) in [7, 11) is 0. The summed E-state index contributed by atoms with van der Waals surface area (Å²) in [5.74, 6) is 0.523. The van der Waals surface area contributed by atoms with Gasteiger partial charge in [0, 0.05) is 30.4 Å². The van der Waals surface area contributed by atoms with Crippen molar-refractivity contribution >= 4 is 34.7 Å². The predicted molar refractivity (Wildman–Crippen MR) is 143 cm³/mol. The fraction of sp³-hybridized carbons (Fsp3) is 0.333. The normalized spacial score (nSPS) is 15.9. The molecule has 0 unspecified atom stereocenters. The molecule has 3 N–H and O–H groups in total. The summed E-state index contributed by atoms with van der Waals surface area (Å²) in [6, 6.07) is 12.3. The van der Waals surface area contributed by atoms with Crippen LogP contribution in [-0.4, -0.2) is 60.3 Å². The molecule has 1 atom stereocenters. The molecule has 0 bridgehead atoms. The summed E-state index contributed by atoms with van der Waals surface area (Å²) < 4.78 is 7.42. The van der Waals surface area contributed by atoms with Gasteiger partial charge in [-0.1, -0.05) is 18.2 Å². The first-order valence-electron chi connectivity index (χ1n) is 12.5. The second-order valence-corrected chi connectivity index (χ2v) is 10.2. The fourth-order valence-corrected chi connectivity index (χ4v) is 4.50. The molecule has 2 amide bonds. The highest BCUT2D eigenvalue weighted by atomic mass is 16.6. The van der Waals surface area contributed by atoms with Crippen molar-refractivity contribution in [2.24, 2.45) is 0 Å². The maximum absolute atomic E-state index is 12.7. The van der Waals surface area contributed by atoms with Gasteiger partial charge in [0.25, 0.3) is 5.91 Å². The summed E-state index contributed by atoms with van der Waals surface area (Å²) in [5.41, 5.74) is 8.17. The number of nitrogen functional groups attached to an aromatic ring is 1. The molecule has 0 radical (unpaired) electrons. The number of carbonyl (C=O) groups excluding carboxylic acids is 2. The van der Waals surface area contributed by atoms with Crippen molar-refractivity contribution in [2.75, 3.05) is 24.1 Å². The summed E-state index contributed by atoms with van der Waals surface area (Å²) in [6.45, 7) is 6.63. The molecule has 11 nitrogen and oxygen atoms in total. The molecule has 1 aliphatic heterocycles. The highest BCUT2D eigenvalue weighted by Gasteiger charge is 2.31. The lowest BCUT2D eigenvalue weighted by molar-refractivity contribution is 0.0169. The van der Waals surface area contributed by atoms with Gasteiger partial charge in [-0.05, 0) is 57.9 Å². The molecule has 1 aliphatic rings. The van der Waals surface area contributed by atoms with Crippen molar-refractivity contribution in [3.8, 4) is 11.3 Å². The highest BCUT2D eigenvalue weighted by molar-refractivity contribution is 6.04. The van der Waals surface area contributed by atoms with E-state index in [9.17, 15) is 9.59 Å². The van der Waals surface area contributed by atoms with Crippen molar-refractivity contribution in [3.05, 3.63) is 60.6 Å². The standard InChI is InChI=1S/C27H30N8O3/c1-27(2,3)38-26(37)34-14-6-7-19(15-34)35-24-21(23(28)30-16-31-24)22(33-35)17-9-11-18(12-10-17)25(36)32-20-8-4-5-13-29-20/h4-5,8-13,16,19H,6-7,14-15H2,1-3H3,(H2,28,30,31)(H,29,32,36)/t19-/m1/s1. The van der Waals surface area contributed by atoms with Gasteiger partial charge in [0.15, 0.2) is 5.65 Å². The van der Waals surface area contributed by atoms with E-state index >= 15 is 0 Å². The number of nitrogens with zero attached hydrogens (tertiary/aromatic N) is 6. The van der Waals surface area contributed by atoms with Crippen LogP contribution in [0, 0.1) is 0 Å². The Morgan fingerprint density at radius 2 is 1.87 bits per heavy atom. The minimum absolute atomic E-state index is 0.106. The van der Waals surface area contributed by atoms with Crippen LogP contribution in [0.4, 0.5) is 16.4 Å². The first-order chi connectivity index (χ1) is 18.2. The van der Waals surface area contributed by atoms with Crippen LogP contribution in [0.2, 0.25) is 0 Å². The Bertz CT molecular complexity index is 1460. The van der Waals surface area contributed by atoms with Gasteiger partial charge in [-0.25, -0.2) is 24.4 Å². The lowest BCUT2D eigenvalue weighted by atomic mass is 10.1. The van der Waals surface area contributed by atoms with Gasteiger partial charge in [-0.3, -0.25) is 4.79 Å². The number of anilines is 2. The number of ether oxygens (including phenoxy) is 1. The molecule has 196 valence electrons. The van der Waals surface area contributed by atoms with Gasteiger partial charge in [0.1, 0.15) is 29.3 Å². The van der Waals surface area contributed by atoms with Crippen molar-refractivity contribution in [1.29, 1.82) is 0 Å². The molecule has 4 heterocycles. The average Bonchev–Trinajstić information content (AvgIpc) is 3.29. The van der Waals surface area contributed by atoms with E-state index in [1.165, 1.54) is 6.33 Å². The Balaban J connectivity index is 1.43. The van der Waals surface area contributed by atoms with E-state index in [4.69, 9.17) is 15.6 Å². The Morgan fingerprint density at radius 3 is 2.58 bits per heavy atom. The minimum Gasteiger partial charge on any atom is -0.444 e. The van der Waals surface area contributed by atoms with Crippen LogP contribution in [0.3, 0.4) is 0 Å². The van der Waals surface area contributed by atoms with Gasteiger partial charge >= 0.3 is 6.09 Å². The number of likely N-dealkylation sites (tertiary alicyclic amines) is 1. The monoisotopic (exact) mass is 514 g/mol. The van der Waals surface area contributed by atoms with E-state index in [0.717, 1.165) is 18.4 Å². The molecular formula is C27H30N8O3. The fourth-order valence-electron chi connectivity index (χ4n) is 4.50. The Labute approximate surface area is 220 Å². The number of benzene rings is 1. The zero-order valence-corrected chi connectivity index (χ0v) is 21.6. The van der Waals surface area contributed by atoms with Crippen molar-refractivity contribution < 1.29 is 14.3 Å². The minimum atomic E-state index is -0.571. The molecule has 0 spiro atoms. The molecule has 11 heteroatoms. The molecule has 4 aromatic rings. The van der Waals surface area contributed by atoms with Crippen LogP contribution >= 0.6 is 0 Å². The number of fused-ring (bicyclic) bond motifs is 1. The number of hydrogen-bond acceptors (Lipinski definition) is 8. The second-order valence-electron chi connectivity index (χ2n) is 10.2. The number of pyridine rings is 1. The number of hydrogen-bond donors (Lipinski definition) is 2. The smallest absolute Gasteiger partial charge is 0.410 e. The third-order valence-electron chi connectivity index (χ3n) is 6.24. The van der Waals surface area contributed by atoms with Gasteiger partial charge in [0.2, 0.25) is 0 Å². The number of carbonyl (C=O) groups is 2. The first kappa shape index (κ1) is 25.1. The quantitative estimate of drug-likeness (QED) is 0.411. The lowest BCUT2D eigenvalue weighted by Gasteiger charge is -2.34. The van der Waals surface area contributed by atoms with E-state index in [1.807, 2.05) is 37.6 Å². The van der Waals surface area contributed by atoms with E-state index in [1.54, 1.807) is 41.4 Å². The molecule has 1 saturated heterocycles. The van der Waals surface area contributed by atoms with Crippen LogP contribution < -0.4 is 11.1 Å². The van der Waals surface area contributed by atoms with E-state index in [0.29, 0.717) is 47.0 Å². The molecular weight excluding hydrogens is 484 g/mol. The number of nitrogens with two attached hydrogens (primary N) is 1. The Kier molecular flexibility index (Phi) is 6.66. The Morgan fingerprint density at radius 1 is 1.08 bits per heavy atom. The van der Waals surface area contributed by atoms with E-state index < -0.39 is 5.60 Å². The number of nitrogens with one attached hydrogen (secondary N) is 1. The Hall–Kier alpha value is -4.54. The largest absolute Gasteiger partial charge is 0.444 e.